The molecule has 1 aliphatic rings. The standard InChI is InChI=1S/C16H20N4OS/c17-16-20-19-15(22-16)6-3-9-18-14(21)10-12-8-7-11-4-1-2-5-13(11)12/h1-2,4-5,12H,3,6-10H2,(H2,17,20)(H,18,21)/t12-/m0/s1. The number of nitrogens with two attached hydrogens (primary N) is 1. The van der Waals surface area contributed by atoms with Crippen molar-refractivity contribution in [2.45, 2.75) is 38.0 Å². The van der Waals surface area contributed by atoms with Crippen LogP contribution in [-0.4, -0.2) is 22.6 Å². The minimum atomic E-state index is 0.137. The molecule has 1 aromatic carbocycles. The van der Waals surface area contributed by atoms with Crippen LogP contribution in [0.25, 0.3) is 0 Å². The minimum absolute atomic E-state index is 0.137. The average molecular weight is 316 g/mol. The maximum Gasteiger partial charge on any atom is 0.220 e. The van der Waals surface area contributed by atoms with Gasteiger partial charge in [-0.1, -0.05) is 35.6 Å². The SMILES string of the molecule is Nc1nnc(CCCNC(=O)C[C@@H]2CCc3ccccc32)s1. The van der Waals surface area contributed by atoms with Crippen molar-refractivity contribution in [3.05, 3.63) is 40.4 Å². The van der Waals surface area contributed by atoms with Crippen molar-refractivity contribution in [2.24, 2.45) is 0 Å². The van der Waals surface area contributed by atoms with E-state index >= 15 is 0 Å². The van der Waals surface area contributed by atoms with Crippen LogP contribution >= 0.6 is 11.3 Å². The van der Waals surface area contributed by atoms with E-state index in [1.807, 2.05) is 0 Å². The van der Waals surface area contributed by atoms with Gasteiger partial charge in [-0.3, -0.25) is 4.79 Å². The predicted octanol–water partition coefficient (Wildman–Crippen LogP) is 2.29. The molecule has 0 saturated carbocycles. The lowest BCUT2D eigenvalue weighted by Gasteiger charge is -2.11. The van der Waals surface area contributed by atoms with Gasteiger partial charge in [-0.05, 0) is 36.3 Å². The van der Waals surface area contributed by atoms with Gasteiger partial charge in [0.25, 0.3) is 0 Å². The molecular weight excluding hydrogens is 296 g/mol. The van der Waals surface area contributed by atoms with Crippen LogP contribution in [0.2, 0.25) is 0 Å². The molecule has 0 saturated heterocycles. The molecule has 2 aromatic rings. The highest BCUT2D eigenvalue weighted by atomic mass is 32.1. The van der Waals surface area contributed by atoms with E-state index in [1.165, 1.54) is 22.5 Å². The van der Waals surface area contributed by atoms with E-state index in [0.717, 1.165) is 30.7 Å². The van der Waals surface area contributed by atoms with E-state index in [4.69, 9.17) is 5.73 Å². The number of anilines is 1. The Labute approximate surface area is 134 Å². The van der Waals surface area contributed by atoms with E-state index in [2.05, 4.69) is 39.8 Å². The fraction of sp³-hybridized carbons (Fsp3) is 0.438. The number of hydrogen-bond acceptors (Lipinski definition) is 5. The van der Waals surface area contributed by atoms with Gasteiger partial charge < -0.3 is 11.1 Å². The average Bonchev–Trinajstić information content (AvgIpc) is 3.11. The van der Waals surface area contributed by atoms with Crippen LogP contribution in [0.15, 0.2) is 24.3 Å². The summed E-state index contributed by atoms with van der Waals surface area (Å²) in [6, 6.07) is 8.45. The zero-order chi connectivity index (χ0) is 15.4. The summed E-state index contributed by atoms with van der Waals surface area (Å²) in [6.45, 7) is 0.673. The Hall–Kier alpha value is -1.95. The van der Waals surface area contributed by atoms with Crippen LogP contribution in [-0.2, 0) is 17.6 Å². The molecule has 0 aliphatic heterocycles. The topological polar surface area (TPSA) is 80.9 Å². The lowest BCUT2D eigenvalue weighted by molar-refractivity contribution is -0.121. The number of nitrogens with zero attached hydrogens (tertiary/aromatic N) is 2. The minimum Gasteiger partial charge on any atom is -0.374 e. The largest absolute Gasteiger partial charge is 0.374 e. The summed E-state index contributed by atoms with van der Waals surface area (Å²) in [7, 11) is 0. The first-order valence-corrected chi connectivity index (χ1v) is 8.46. The fourth-order valence-corrected chi connectivity index (χ4v) is 3.64. The zero-order valence-electron chi connectivity index (χ0n) is 12.4. The number of aromatic nitrogens is 2. The molecule has 0 unspecified atom stereocenters. The lowest BCUT2D eigenvalue weighted by Crippen LogP contribution is -2.26. The third-order valence-electron chi connectivity index (χ3n) is 4.06. The van der Waals surface area contributed by atoms with E-state index < -0.39 is 0 Å². The van der Waals surface area contributed by atoms with Crippen molar-refractivity contribution in [3.8, 4) is 0 Å². The molecule has 3 rings (SSSR count). The summed E-state index contributed by atoms with van der Waals surface area (Å²) in [6.07, 6.45) is 4.43. The highest BCUT2D eigenvalue weighted by Gasteiger charge is 2.23. The number of aryl methyl sites for hydroxylation is 2. The quantitative estimate of drug-likeness (QED) is 0.801. The maximum atomic E-state index is 12.1. The molecular formula is C16H20N4OS. The number of amides is 1. The van der Waals surface area contributed by atoms with Crippen molar-refractivity contribution in [1.29, 1.82) is 0 Å². The maximum absolute atomic E-state index is 12.1. The summed E-state index contributed by atoms with van der Waals surface area (Å²) in [4.78, 5) is 12.1. The van der Waals surface area contributed by atoms with Crippen molar-refractivity contribution in [3.63, 3.8) is 0 Å². The smallest absolute Gasteiger partial charge is 0.220 e. The number of fused-ring (bicyclic) bond motifs is 1. The van der Waals surface area contributed by atoms with Gasteiger partial charge in [-0.25, -0.2) is 0 Å². The molecule has 6 heteroatoms. The second-order valence-electron chi connectivity index (χ2n) is 5.63. The van der Waals surface area contributed by atoms with Gasteiger partial charge in [0.05, 0.1) is 0 Å². The summed E-state index contributed by atoms with van der Waals surface area (Å²) in [5.41, 5.74) is 8.28. The van der Waals surface area contributed by atoms with Crippen molar-refractivity contribution in [1.82, 2.24) is 15.5 Å². The fourth-order valence-electron chi connectivity index (χ4n) is 2.99. The molecule has 1 heterocycles. The molecule has 0 fully saturated rings. The van der Waals surface area contributed by atoms with Gasteiger partial charge in [0, 0.05) is 19.4 Å². The van der Waals surface area contributed by atoms with Gasteiger partial charge in [0.1, 0.15) is 5.01 Å². The number of hydrogen-bond donors (Lipinski definition) is 2. The molecule has 1 aromatic heterocycles. The van der Waals surface area contributed by atoms with Gasteiger partial charge in [0.15, 0.2) is 0 Å². The number of carbonyl (C=O) groups is 1. The lowest BCUT2D eigenvalue weighted by atomic mass is 9.97. The third-order valence-corrected chi connectivity index (χ3v) is 4.87. The van der Waals surface area contributed by atoms with Crippen molar-refractivity contribution in [2.75, 3.05) is 12.3 Å². The Bertz CT molecular complexity index is 655. The second kappa shape index (κ2) is 6.87. The second-order valence-corrected chi connectivity index (χ2v) is 6.72. The van der Waals surface area contributed by atoms with Crippen LogP contribution in [0.5, 0.6) is 0 Å². The van der Waals surface area contributed by atoms with Crippen LogP contribution in [0.3, 0.4) is 0 Å². The van der Waals surface area contributed by atoms with E-state index in [0.29, 0.717) is 24.0 Å². The molecule has 5 nitrogen and oxygen atoms in total. The highest BCUT2D eigenvalue weighted by Crippen LogP contribution is 2.34. The molecule has 0 bridgehead atoms. The summed E-state index contributed by atoms with van der Waals surface area (Å²) < 4.78 is 0. The summed E-state index contributed by atoms with van der Waals surface area (Å²) >= 11 is 1.41. The molecule has 1 amide bonds. The third kappa shape index (κ3) is 3.62. The molecule has 22 heavy (non-hydrogen) atoms. The number of nitrogen functional groups attached to an aromatic ring is 1. The predicted molar refractivity (Wildman–Crippen MR) is 87.8 cm³/mol. The van der Waals surface area contributed by atoms with Crippen LogP contribution in [0.4, 0.5) is 5.13 Å². The van der Waals surface area contributed by atoms with Crippen LogP contribution in [0.1, 0.15) is 41.3 Å². The van der Waals surface area contributed by atoms with Crippen LogP contribution in [0, 0.1) is 0 Å². The number of rotatable bonds is 6. The Morgan fingerprint density at radius 3 is 3.05 bits per heavy atom. The molecule has 0 radical (unpaired) electrons. The Kier molecular flexibility index (Phi) is 4.68. The van der Waals surface area contributed by atoms with Crippen LogP contribution < -0.4 is 11.1 Å². The van der Waals surface area contributed by atoms with Gasteiger partial charge >= 0.3 is 0 Å². The molecule has 3 N–H and O–H groups in total. The Morgan fingerprint density at radius 1 is 1.36 bits per heavy atom. The van der Waals surface area contributed by atoms with Gasteiger partial charge in [-0.2, -0.15) is 0 Å². The summed E-state index contributed by atoms with van der Waals surface area (Å²) in [5, 5.41) is 12.2. The van der Waals surface area contributed by atoms with E-state index in [1.54, 1.807) is 0 Å². The summed E-state index contributed by atoms with van der Waals surface area (Å²) in [5.74, 6) is 0.512. The normalized spacial score (nSPS) is 16.5. The molecule has 0 spiro atoms. The number of benzene rings is 1. The number of nitrogens with one attached hydrogen (secondary N) is 1. The van der Waals surface area contributed by atoms with Crippen molar-refractivity contribution >= 4 is 22.4 Å². The van der Waals surface area contributed by atoms with Crippen molar-refractivity contribution < 1.29 is 4.79 Å². The van der Waals surface area contributed by atoms with Gasteiger partial charge in [0.2, 0.25) is 11.0 Å². The Morgan fingerprint density at radius 2 is 2.23 bits per heavy atom. The monoisotopic (exact) mass is 316 g/mol. The molecule has 116 valence electrons. The van der Waals surface area contributed by atoms with E-state index in [-0.39, 0.29) is 5.91 Å². The first-order valence-electron chi connectivity index (χ1n) is 7.64. The molecule has 1 aliphatic carbocycles. The molecule has 1 atom stereocenters. The first kappa shape index (κ1) is 15.0. The van der Waals surface area contributed by atoms with E-state index in [9.17, 15) is 4.79 Å². The Balaban J connectivity index is 1.40. The number of carbonyl (C=O) groups excluding carboxylic acids is 1. The first-order chi connectivity index (χ1) is 10.7. The highest BCUT2D eigenvalue weighted by molar-refractivity contribution is 7.15. The van der Waals surface area contributed by atoms with Gasteiger partial charge in [-0.15, -0.1) is 10.2 Å². The zero-order valence-corrected chi connectivity index (χ0v) is 13.2.